The summed E-state index contributed by atoms with van der Waals surface area (Å²) in [6, 6.07) is 0.445. The second-order valence-electron chi connectivity index (χ2n) is 4.04. The number of anilines is 1. The fourth-order valence-electron chi connectivity index (χ4n) is 2.00. The molecule has 1 saturated heterocycles. The molecule has 4 heteroatoms. The van der Waals surface area contributed by atoms with Crippen LogP contribution in [0.15, 0.2) is 6.20 Å². The third-order valence-electron chi connectivity index (χ3n) is 2.99. The van der Waals surface area contributed by atoms with E-state index in [1.165, 1.54) is 0 Å². The average Bonchev–Trinajstić information content (AvgIpc) is 2.49. The van der Waals surface area contributed by atoms with Crippen LogP contribution in [0.4, 0.5) is 5.69 Å². The Morgan fingerprint density at radius 1 is 1.64 bits per heavy atom. The molecule has 0 radical (unpaired) electrons. The highest BCUT2D eigenvalue weighted by molar-refractivity contribution is 5.39. The van der Waals surface area contributed by atoms with Gasteiger partial charge in [-0.1, -0.05) is 6.92 Å². The van der Waals surface area contributed by atoms with E-state index in [4.69, 9.17) is 10.5 Å². The number of nitrogens with zero attached hydrogens (tertiary/aromatic N) is 2. The SMILES string of the molecule is Cc1c(N)cnn1[C@@H]1CCOC[C@H]1C. The summed E-state index contributed by atoms with van der Waals surface area (Å²) in [5.74, 6) is 0.516. The van der Waals surface area contributed by atoms with Gasteiger partial charge in [-0.25, -0.2) is 0 Å². The number of ether oxygens (including phenoxy) is 1. The van der Waals surface area contributed by atoms with Crippen LogP contribution in [0.5, 0.6) is 0 Å². The Morgan fingerprint density at radius 2 is 2.43 bits per heavy atom. The van der Waals surface area contributed by atoms with Crippen molar-refractivity contribution >= 4 is 5.69 Å². The zero-order valence-electron chi connectivity index (χ0n) is 8.73. The van der Waals surface area contributed by atoms with Crippen LogP contribution < -0.4 is 5.73 Å². The van der Waals surface area contributed by atoms with Gasteiger partial charge in [-0.2, -0.15) is 5.10 Å². The molecule has 2 heterocycles. The van der Waals surface area contributed by atoms with E-state index < -0.39 is 0 Å². The van der Waals surface area contributed by atoms with Crippen LogP contribution in [-0.2, 0) is 4.74 Å². The molecule has 2 rings (SSSR count). The van der Waals surface area contributed by atoms with E-state index in [1.54, 1.807) is 6.20 Å². The number of nitrogens with two attached hydrogens (primary N) is 1. The maximum absolute atomic E-state index is 5.78. The lowest BCUT2D eigenvalue weighted by atomic mass is 9.98. The fraction of sp³-hybridized carbons (Fsp3) is 0.700. The first-order valence-electron chi connectivity index (χ1n) is 5.07. The van der Waals surface area contributed by atoms with Crippen molar-refractivity contribution in [2.75, 3.05) is 18.9 Å². The molecule has 0 aromatic carbocycles. The van der Waals surface area contributed by atoms with E-state index in [9.17, 15) is 0 Å². The monoisotopic (exact) mass is 195 g/mol. The van der Waals surface area contributed by atoms with Crippen LogP contribution in [0.1, 0.15) is 25.1 Å². The molecule has 2 N–H and O–H groups in total. The predicted molar refractivity (Wildman–Crippen MR) is 55.0 cm³/mol. The van der Waals surface area contributed by atoms with Gasteiger partial charge in [-0.15, -0.1) is 0 Å². The largest absolute Gasteiger partial charge is 0.396 e. The van der Waals surface area contributed by atoms with E-state index in [0.29, 0.717) is 12.0 Å². The Balaban J connectivity index is 2.24. The van der Waals surface area contributed by atoms with Crippen LogP contribution in [0.25, 0.3) is 0 Å². The Morgan fingerprint density at radius 3 is 3.00 bits per heavy atom. The summed E-state index contributed by atoms with van der Waals surface area (Å²) in [4.78, 5) is 0. The molecule has 0 amide bonds. The first kappa shape index (κ1) is 9.52. The smallest absolute Gasteiger partial charge is 0.0730 e. The molecule has 14 heavy (non-hydrogen) atoms. The summed E-state index contributed by atoms with van der Waals surface area (Å²) in [6.07, 6.45) is 2.76. The minimum absolute atomic E-state index is 0.445. The molecule has 4 nitrogen and oxygen atoms in total. The summed E-state index contributed by atoms with van der Waals surface area (Å²) in [5, 5.41) is 4.33. The van der Waals surface area contributed by atoms with Crippen LogP contribution in [0, 0.1) is 12.8 Å². The highest BCUT2D eigenvalue weighted by Crippen LogP contribution is 2.28. The number of aromatic nitrogens is 2. The van der Waals surface area contributed by atoms with Crippen LogP contribution in [0.3, 0.4) is 0 Å². The van der Waals surface area contributed by atoms with Crippen molar-refractivity contribution in [2.24, 2.45) is 5.92 Å². The van der Waals surface area contributed by atoms with Gasteiger partial charge in [0, 0.05) is 12.5 Å². The van der Waals surface area contributed by atoms with Gasteiger partial charge >= 0.3 is 0 Å². The Labute approximate surface area is 84.0 Å². The quantitative estimate of drug-likeness (QED) is 0.736. The summed E-state index contributed by atoms with van der Waals surface area (Å²) >= 11 is 0. The highest BCUT2D eigenvalue weighted by Gasteiger charge is 2.25. The molecular formula is C10H17N3O. The maximum atomic E-state index is 5.78. The van der Waals surface area contributed by atoms with Crippen LogP contribution in [0.2, 0.25) is 0 Å². The fourth-order valence-corrected chi connectivity index (χ4v) is 2.00. The molecule has 0 spiro atoms. The van der Waals surface area contributed by atoms with Gasteiger partial charge in [0.05, 0.1) is 30.2 Å². The minimum atomic E-state index is 0.445. The highest BCUT2D eigenvalue weighted by atomic mass is 16.5. The van der Waals surface area contributed by atoms with E-state index in [-0.39, 0.29) is 0 Å². The zero-order valence-corrected chi connectivity index (χ0v) is 8.73. The maximum Gasteiger partial charge on any atom is 0.0730 e. The first-order chi connectivity index (χ1) is 6.70. The van der Waals surface area contributed by atoms with Crippen molar-refractivity contribution < 1.29 is 4.74 Å². The lowest BCUT2D eigenvalue weighted by molar-refractivity contribution is 0.0244. The molecule has 2 atom stereocenters. The summed E-state index contributed by atoms with van der Waals surface area (Å²) in [7, 11) is 0. The molecule has 1 aliphatic rings. The van der Waals surface area contributed by atoms with Crippen molar-refractivity contribution in [3.8, 4) is 0 Å². The van der Waals surface area contributed by atoms with Gasteiger partial charge in [0.15, 0.2) is 0 Å². The molecule has 0 saturated carbocycles. The van der Waals surface area contributed by atoms with E-state index in [0.717, 1.165) is 31.0 Å². The number of rotatable bonds is 1. The predicted octanol–water partition coefficient (Wildman–Crippen LogP) is 1.37. The third-order valence-corrected chi connectivity index (χ3v) is 2.99. The van der Waals surface area contributed by atoms with Gasteiger partial charge in [-0.05, 0) is 13.3 Å². The Bertz CT molecular complexity index is 321. The molecule has 0 aliphatic carbocycles. The van der Waals surface area contributed by atoms with Crippen molar-refractivity contribution in [3.05, 3.63) is 11.9 Å². The van der Waals surface area contributed by atoms with Crippen molar-refractivity contribution in [1.82, 2.24) is 9.78 Å². The molecule has 1 aromatic heterocycles. The average molecular weight is 195 g/mol. The summed E-state index contributed by atoms with van der Waals surface area (Å²) in [6.45, 7) is 5.86. The summed E-state index contributed by atoms with van der Waals surface area (Å²) in [5.41, 5.74) is 7.63. The minimum Gasteiger partial charge on any atom is -0.396 e. The molecule has 0 unspecified atom stereocenters. The molecule has 78 valence electrons. The van der Waals surface area contributed by atoms with Crippen molar-refractivity contribution in [1.29, 1.82) is 0 Å². The topological polar surface area (TPSA) is 53.1 Å². The second-order valence-corrected chi connectivity index (χ2v) is 4.04. The lowest BCUT2D eigenvalue weighted by Gasteiger charge is -2.29. The van der Waals surface area contributed by atoms with Gasteiger partial charge < -0.3 is 10.5 Å². The van der Waals surface area contributed by atoms with Gasteiger partial charge in [-0.3, -0.25) is 4.68 Å². The van der Waals surface area contributed by atoms with E-state index >= 15 is 0 Å². The Kier molecular flexibility index (Phi) is 2.46. The molecule has 1 fully saturated rings. The lowest BCUT2D eigenvalue weighted by Crippen LogP contribution is -2.29. The normalized spacial score (nSPS) is 27.9. The zero-order chi connectivity index (χ0) is 10.1. The number of hydrogen-bond acceptors (Lipinski definition) is 3. The number of hydrogen-bond donors (Lipinski definition) is 1. The molecule has 1 aliphatic heterocycles. The second kappa shape index (κ2) is 3.61. The first-order valence-corrected chi connectivity index (χ1v) is 5.07. The van der Waals surface area contributed by atoms with Gasteiger partial charge in [0.25, 0.3) is 0 Å². The molecule has 1 aromatic rings. The third kappa shape index (κ3) is 1.50. The van der Waals surface area contributed by atoms with E-state index in [1.807, 2.05) is 11.6 Å². The van der Waals surface area contributed by atoms with Crippen molar-refractivity contribution in [3.63, 3.8) is 0 Å². The number of nitrogen functional groups attached to an aromatic ring is 1. The van der Waals surface area contributed by atoms with E-state index in [2.05, 4.69) is 12.0 Å². The standard InChI is InChI=1S/C10H17N3O/c1-7-6-14-4-3-10(7)13-8(2)9(11)5-12-13/h5,7,10H,3-4,6,11H2,1-2H3/t7-,10-/m1/s1. The molecular weight excluding hydrogens is 178 g/mol. The Hall–Kier alpha value is -1.03. The molecule has 0 bridgehead atoms. The van der Waals surface area contributed by atoms with Gasteiger partial charge in [0.2, 0.25) is 0 Å². The van der Waals surface area contributed by atoms with Gasteiger partial charge in [0.1, 0.15) is 0 Å². The van der Waals surface area contributed by atoms with Crippen LogP contribution in [-0.4, -0.2) is 23.0 Å². The summed E-state index contributed by atoms with van der Waals surface area (Å²) < 4.78 is 7.45. The van der Waals surface area contributed by atoms with Crippen molar-refractivity contribution in [2.45, 2.75) is 26.3 Å². The van der Waals surface area contributed by atoms with Crippen LogP contribution >= 0.6 is 0 Å².